The summed E-state index contributed by atoms with van der Waals surface area (Å²) in [6, 6.07) is 48.0. The van der Waals surface area contributed by atoms with E-state index in [9.17, 15) is 10.2 Å². The van der Waals surface area contributed by atoms with E-state index < -0.39 is 7.26 Å². The van der Waals surface area contributed by atoms with E-state index >= 15 is 0 Å². The summed E-state index contributed by atoms with van der Waals surface area (Å²) >= 11 is 0. The predicted octanol–water partition coefficient (Wildman–Crippen LogP) is 8.87. The first-order valence-corrected chi connectivity index (χ1v) is 19.6. The molecule has 0 aliphatic heterocycles. The van der Waals surface area contributed by atoms with Crippen LogP contribution in [0, 0.1) is 0 Å². The zero-order valence-electron chi connectivity index (χ0n) is 27.6. The van der Waals surface area contributed by atoms with Crippen LogP contribution in [0.5, 0.6) is 11.5 Å². The van der Waals surface area contributed by atoms with Crippen LogP contribution >= 0.6 is 7.26 Å². The second kappa shape index (κ2) is 16.4. The number of phenolic OH excluding ortho intramolecular Hbond substituents is 2. The normalized spacial score (nSPS) is 11.8. The van der Waals surface area contributed by atoms with Crippen molar-refractivity contribution in [1.82, 2.24) is 14.8 Å². The van der Waals surface area contributed by atoms with Crippen molar-refractivity contribution < 1.29 is 10.2 Å². The number of aromatic hydroxyl groups is 2. The van der Waals surface area contributed by atoms with Crippen LogP contribution in [0.2, 0.25) is 0 Å². The molecule has 0 radical (unpaired) electrons. The van der Waals surface area contributed by atoms with E-state index in [4.69, 9.17) is 10.1 Å². The second-order valence-corrected chi connectivity index (χ2v) is 16.6. The summed E-state index contributed by atoms with van der Waals surface area (Å²) in [5.41, 5.74) is 1.23. The summed E-state index contributed by atoms with van der Waals surface area (Å²) in [5, 5.41) is 30.2. The first-order chi connectivity index (χ1) is 23.7. The van der Waals surface area contributed by atoms with Gasteiger partial charge in [0.05, 0.1) is 11.1 Å². The monoisotopic (exact) mass is 655 g/mol. The van der Waals surface area contributed by atoms with E-state index in [1.54, 1.807) is 24.3 Å². The van der Waals surface area contributed by atoms with Gasteiger partial charge in [0.25, 0.3) is 0 Å². The summed E-state index contributed by atoms with van der Waals surface area (Å²) < 4.78 is 1.87. The molecule has 5 aromatic carbocycles. The van der Waals surface area contributed by atoms with Crippen molar-refractivity contribution in [3.63, 3.8) is 0 Å². The Kier molecular flexibility index (Phi) is 11.3. The van der Waals surface area contributed by atoms with E-state index in [2.05, 4.69) is 91.0 Å². The third-order valence-electron chi connectivity index (χ3n) is 9.43. The number of nitrogens with zero attached hydrogens (tertiary/aromatic N) is 3. The molecule has 1 aromatic heterocycles. The number of hydrogen-bond donors (Lipinski definition) is 2. The molecule has 0 atom stereocenters. The van der Waals surface area contributed by atoms with Gasteiger partial charge < -0.3 is 10.2 Å². The molecule has 6 heteroatoms. The van der Waals surface area contributed by atoms with Crippen LogP contribution in [0.4, 0.5) is 0 Å². The molecule has 0 bridgehead atoms. The molecule has 0 aliphatic carbocycles. The standard InChI is InChI=1S/C42H46N3O2P/c46-39-30-18-16-28-37(39)41-43-42(38-29-17-19-31-40(38)47)45(44-41)32-20-5-3-1-2-4-6-21-33-48(34-22-10-7-11-23-34,35-24-12-8-13-25-35)36-26-14-9-15-27-36/h7-19,22-31,46-48H,1-6,20-21,32-33H2. The number of phenols is 2. The third-order valence-corrected chi connectivity index (χ3v) is 14.5. The molecular formula is C42H46N3O2P. The van der Waals surface area contributed by atoms with E-state index in [0.717, 1.165) is 12.8 Å². The maximum atomic E-state index is 10.5. The molecule has 0 aliphatic rings. The molecule has 2 N–H and O–H groups in total. The Morgan fingerprint density at radius 3 is 1.38 bits per heavy atom. The summed E-state index contributed by atoms with van der Waals surface area (Å²) in [4.78, 5) is 4.74. The number of aryl methyl sites for hydroxylation is 1. The van der Waals surface area contributed by atoms with E-state index in [1.165, 1.54) is 60.6 Å². The van der Waals surface area contributed by atoms with Crippen LogP contribution in [-0.2, 0) is 6.54 Å². The maximum absolute atomic E-state index is 10.5. The summed E-state index contributed by atoms with van der Waals surface area (Å²) in [5.74, 6) is 1.40. The molecular weight excluding hydrogens is 609 g/mol. The van der Waals surface area contributed by atoms with Crippen molar-refractivity contribution in [3.05, 3.63) is 140 Å². The van der Waals surface area contributed by atoms with Crippen LogP contribution in [0.1, 0.15) is 51.4 Å². The third kappa shape index (κ3) is 7.69. The first kappa shape index (κ1) is 33.2. The van der Waals surface area contributed by atoms with Crippen LogP contribution in [0.3, 0.4) is 0 Å². The van der Waals surface area contributed by atoms with Crippen LogP contribution in [0.15, 0.2) is 140 Å². The van der Waals surface area contributed by atoms with Gasteiger partial charge in [0.2, 0.25) is 0 Å². The van der Waals surface area contributed by atoms with Crippen LogP contribution < -0.4 is 15.9 Å². The minimum absolute atomic E-state index is 0.145. The molecule has 0 fully saturated rings. The molecule has 0 amide bonds. The van der Waals surface area contributed by atoms with Crippen molar-refractivity contribution in [2.75, 3.05) is 6.16 Å². The average molecular weight is 656 g/mol. The van der Waals surface area contributed by atoms with Crippen molar-refractivity contribution in [2.45, 2.75) is 57.9 Å². The first-order valence-electron chi connectivity index (χ1n) is 17.3. The fraction of sp³-hybridized carbons (Fsp3) is 0.238. The van der Waals surface area contributed by atoms with Crippen LogP contribution in [0.25, 0.3) is 22.8 Å². The summed E-state index contributed by atoms with van der Waals surface area (Å²) in [7, 11) is -2.14. The number of rotatable bonds is 16. The summed E-state index contributed by atoms with van der Waals surface area (Å²) in [6.07, 6.45) is 10.7. The van der Waals surface area contributed by atoms with E-state index in [0.29, 0.717) is 29.3 Å². The minimum atomic E-state index is -2.14. The van der Waals surface area contributed by atoms with Gasteiger partial charge in [-0.05, 0) is 24.3 Å². The molecule has 5 nitrogen and oxygen atoms in total. The Labute approximate surface area is 285 Å². The van der Waals surface area contributed by atoms with Gasteiger partial charge in [0.1, 0.15) is 11.5 Å². The molecule has 48 heavy (non-hydrogen) atoms. The number of para-hydroxylation sites is 2. The van der Waals surface area contributed by atoms with Gasteiger partial charge in [0, 0.05) is 0 Å². The second-order valence-electron chi connectivity index (χ2n) is 12.6. The number of unbranched alkanes of at least 4 members (excludes halogenated alkanes) is 7. The zero-order valence-corrected chi connectivity index (χ0v) is 28.6. The average Bonchev–Trinajstić information content (AvgIpc) is 3.55. The summed E-state index contributed by atoms with van der Waals surface area (Å²) in [6.45, 7) is 0.704. The van der Waals surface area contributed by atoms with Crippen molar-refractivity contribution >= 4 is 23.2 Å². The Bertz CT molecular complexity index is 1760. The zero-order chi connectivity index (χ0) is 33.0. The molecule has 1 heterocycles. The Morgan fingerprint density at radius 2 is 0.875 bits per heavy atom. The molecule has 0 spiro atoms. The van der Waals surface area contributed by atoms with Gasteiger partial charge in [0.15, 0.2) is 5.82 Å². The molecule has 0 unspecified atom stereocenters. The molecule has 0 saturated carbocycles. The van der Waals surface area contributed by atoms with Crippen molar-refractivity contribution in [1.29, 1.82) is 0 Å². The number of aromatic nitrogens is 3. The fourth-order valence-electron chi connectivity index (χ4n) is 6.95. The molecule has 246 valence electrons. The topological polar surface area (TPSA) is 71.2 Å². The number of benzene rings is 5. The number of hydrogen-bond acceptors (Lipinski definition) is 4. The Morgan fingerprint density at radius 1 is 0.458 bits per heavy atom. The SMILES string of the molecule is Oc1ccccc1-c1nc(-c2ccccc2O)n(CCCCCCCCCC[PH](c2ccccc2)(c2ccccc2)c2ccccc2)n1. The Hall–Kier alpha value is -4.73. The molecule has 6 aromatic rings. The van der Waals surface area contributed by atoms with Crippen LogP contribution in [-0.4, -0.2) is 31.1 Å². The van der Waals surface area contributed by atoms with Gasteiger partial charge in [-0.2, -0.15) is 0 Å². The molecule has 6 rings (SSSR count). The van der Waals surface area contributed by atoms with E-state index in [-0.39, 0.29) is 11.5 Å². The molecule has 0 saturated heterocycles. The van der Waals surface area contributed by atoms with E-state index in [1.807, 2.05) is 28.9 Å². The van der Waals surface area contributed by atoms with Gasteiger partial charge in [-0.3, -0.25) is 0 Å². The van der Waals surface area contributed by atoms with Crippen molar-refractivity contribution in [3.8, 4) is 34.3 Å². The quantitative estimate of drug-likeness (QED) is 0.0807. The fourth-order valence-corrected chi connectivity index (χ4v) is 11.9. The van der Waals surface area contributed by atoms with Gasteiger partial charge >= 0.3 is 194 Å². The Balaban J connectivity index is 1.02. The van der Waals surface area contributed by atoms with Gasteiger partial charge in [-0.15, -0.1) is 0 Å². The van der Waals surface area contributed by atoms with Gasteiger partial charge in [-0.1, -0.05) is 24.3 Å². The van der Waals surface area contributed by atoms with Gasteiger partial charge in [-0.25, -0.2) is 4.98 Å². The van der Waals surface area contributed by atoms with Crippen molar-refractivity contribution in [2.24, 2.45) is 0 Å². The predicted molar refractivity (Wildman–Crippen MR) is 203 cm³/mol.